The van der Waals surface area contributed by atoms with Gasteiger partial charge < -0.3 is 14.6 Å². The van der Waals surface area contributed by atoms with Crippen LogP contribution < -0.4 is 9.47 Å². The number of benzene rings is 1. The maximum Gasteiger partial charge on any atom is 0.162 e. The number of hydrogen-bond donors (Lipinski definition) is 1. The van der Waals surface area contributed by atoms with Crippen LogP contribution in [-0.2, 0) is 13.0 Å². The van der Waals surface area contributed by atoms with Crippen molar-refractivity contribution in [3.05, 3.63) is 47.9 Å². The molecule has 2 aromatic heterocycles. The molecule has 0 unspecified atom stereocenters. The summed E-state index contributed by atoms with van der Waals surface area (Å²) < 4.78 is 12.6. The minimum Gasteiger partial charge on any atom is -0.493 e. The lowest BCUT2D eigenvalue weighted by Crippen LogP contribution is -2.04. The van der Waals surface area contributed by atoms with Gasteiger partial charge in [-0.15, -0.1) is 0 Å². The first-order valence-corrected chi connectivity index (χ1v) is 7.39. The zero-order valence-electron chi connectivity index (χ0n) is 13.2. The standard InChI is InChI=1S/C17H19N3O3/c1-22-16-9-13-14(6-8-21)19-20(15(13)10-17(16)23-2)11-12-5-3-4-7-18-12/h3-5,7,9-10,21H,6,8,11H2,1-2H3. The zero-order chi connectivity index (χ0) is 16.2. The third-order valence-electron chi connectivity index (χ3n) is 3.72. The number of rotatable bonds is 6. The van der Waals surface area contributed by atoms with Crippen LogP contribution in [0.5, 0.6) is 11.5 Å². The van der Waals surface area contributed by atoms with Gasteiger partial charge in [0.25, 0.3) is 0 Å². The van der Waals surface area contributed by atoms with Crippen molar-refractivity contribution in [3.8, 4) is 11.5 Å². The molecule has 0 fully saturated rings. The quantitative estimate of drug-likeness (QED) is 0.754. The van der Waals surface area contributed by atoms with E-state index < -0.39 is 0 Å². The summed E-state index contributed by atoms with van der Waals surface area (Å²) in [6, 6.07) is 9.61. The van der Waals surface area contributed by atoms with Gasteiger partial charge in [-0.1, -0.05) is 6.07 Å². The Morgan fingerprint density at radius 1 is 1.13 bits per heavy atom. The van der Waals surface area contributed by atoms with Crippen LogP contribution in [0, 0.1) is 0 Å². The van der Waals surface area contributed by atoms with E-state index in [9.17, 15) is 5.11 Å². The summed E-state index contributed by atoms with van der Waals surface area (Å²) >= 11 is 0. The molecule has 0 saturated carbocycles. The second-order valence-corrected chi connectivity index (χ2v) is 5.12. The third kappa shape index (κ3) is 2.98. The van der Waals surface area contributed by atoms with Crippen LogP contribution in [0.3, 0.4) is 0 Å². The summed E-state index contributed by atoms with van der Waals surface area (Å²) in [5, 5.41) is 14.9. The lowest BCUT2D eigenvalue weighted by Gasteiger charge is -2.09. The SMILES string of the molecule is COc1cc2c(CCO)nn(Cc3ccccn3)c2cc1OC. The number of fused-ring (bicyclic) bond motifs is 1. The van der Waals surface area contributed by atoms with E-state index in [2.05, 4.69) is 10.1 Å². The molecule has 0 spiro atoms. The highest BCUT2D eigenvalue weighted by atomic mass is 16.5. The number of hydrogen-bond acceptors (Lipinski definition) is 5. The number of ether oxygens (including phenoxy) is 2. The van der Waals surface area contributed by atoms with Gasteiger partial charge in [-0.25, -0.2) is 0 Å². The van der Waals surface area contributed by atoms with Crippen LogP contribution in [0.25, 0.3) is 10.9 Å². The Morgan fingerprint density at radius 2 is 1.91 bits per heavy atom. The Hall–Kier alpha value is -2.60. The lowest BCUT2D eigenvalue weighted by molar-refractivity contribution is 0.298. The highest BCUT2D eigenvalue weighted by molar-refractivity contribution is 5.86. The maximum atomic E-state index is 9.29. The second kappa shape index (κ2) is 6.66. The van der Waals surface area contributed by atoms with Gasteiger partial charge in [0.05, 0.1) is 37.7 Å². The van der Waals surface area contributed by atoms with Gasteiger partial charge in [0.2, 0.25) is 0 Å². The first-order chi connectivity index (χ1) is 11.3. The van der Waals surface area contributed by atoms with Gasteiger partial charge in [0, 0.05) is 30.7 Å². The Balaban J connectivity index is 2.13. The molecule has 0 aliphatic heterocycles. The van der Waals surface area contributed by atoms with Crippen molar-refractivity contribution in [2.75, 3.05) is 20.8 Å². The number of aliphatic hydroxyl groups excluding tert-OH is 1. The van der Waals surface area contributed by atoms with Gasteiger partial charge in [0.15, 0.2) is 11.5 Å². The van der Waals surface area contributed by atoms with E-state index in [0.29, 0.717) is 24.5 Å². The van der Waals surface area contributed by atoms with Crippen LogP contribution in [0.15, 0.2) is 36.5 Å². The minimum absolute atomic E-state index is 0.0457. The molecule has 3 aromatic rings. The fraction of sp³-hybridized carbons (Fsp3) is 0.294. The Kier molecular flexibility index (Phi) is 4.43. The third-order valence-corrected chi connectivity index (χ3v) is 3.72. The molecule has 0 aliphatic carbocycles. The van der Waals surface area contributed by atoms with E-state index in [1.54, 1.807) is 20.4 Å². The van der Waals surface area contributed by atoms with Crippen molar-refractivity contribution >= 4 is 10.9 Å². The molecule has 6 heteroatoms. The molecule has 0 bridgehead atoms. The van der Waals surface area contributed by atoms with Gasteiger partial charge in [-0.3, -0.25) is 9.67 Å². The van der Waals surface area contributed by atoms with E-state index in [4.69, 9.17) is 9.47 Å². The van der Waals surface area contributed by atoms with Gasteiger partial charge in [-0.05, 0) is 18.2 Å². The van der Waals surface area contributed by atoms with Gasteiger partial charge in [-0.2, -0.15) is 5.10 Å². The summed E-state index contributed by atoms with van der Waals surface area (Å²) in [4.78, 5) is 4.35. The number of aliphatic hydroxyl groups is 1. The molecular weight excluding hydrogens is 294 g/mol. The molecule has 1 N–H and O–H groups in total. The summed E-state index contributed by atoms with van der Waals surface area (Å²) in [5.41, 5.74) is 2.68. The van der Waals surface area contributed by atoms with Crippen molar-refractivity contribution < 1.29 is 14.6 Å². The van der Waals surface area contributed by atoms with Crippen molar-refractivity contribution in [1.29, 1.82) is 0 Å². The minimum atomic E-state index is 0.0457. The van der Waals surface area contributed by atoms with Gasteiger partial charge in [0.1, 0.15) is 0 Å². The van der Waals surface area contributed by atoms with E-state index in [-0.39, 0.29) is 6.61 Å². The van der Waals surface area contributed by atoms with Gasteiger partial charge >= 0.3 is 0 Å². The molecule has 0 aliphatic rings. The molecule has 120 valence electrons. The number of pyridine rings is 1. The summed E-state index contributed by atoms with van der Waals surface area (Å²) in [7, 11) is 3.21. The van der Waals surface area contributed by atoms with Crippen LogP contribution in [0.2, 0.25) is 0 Å². The van der Waals surface area contributed by atoms with Crippen molar-refractivity contribution in [2.24, 2.45) is 0 Å². The maximum absolute atomic E-state index is 9.29. The molecule has 6 nitrogen and oxygen atoms in total. The smallest absolute Gasteiger partial charge is 0.162 e. The van der Waals surface area contributed by atoms with E-state index in [1.165, 1.54) is 0 Å². The average molecular weight is 313 g/mol. The zero-order valence-corrected chi connectivity index (χ0v) is 13.2. The summed E-state index contributed by atoms with van der Waals surface area (Å²) in [5.74, 6) is 1.30. The van der Waals surface area contributed by atoms with Crippen molar-refractivity contribution in [2.45, 2.75) is 13.0 Å². The van der Waals surface area contributed by atoms with Crippen molar-refractivity contribution in [1.82, 2.24) is 14.8 Å². The summed E-state index contributed by atoms with van der Waals surface area (Å²) in [6.07, 6.45) is 2.25. The molecule has 0 radical (unpaired) electrons. The van der Waals surface area contributed by atoms with E-state index in [1.807, 2.05) is 35.0 Å². The number of nitrogens with zero attached hydrogens (tertiary/aromatic N) is 3. The Bertz CT molecular complexity index is 800. The predicted molar refractivity (Wildman–Crippen MR) is 87.0 cm³/mol. The molecule has 2 heterocycles. The second-order valence-electron chi connectivity index (χ2n) is 5.12. The lowest BCUT2D eigenvalue weighted by atomic mass is 10.1. The fourth-order valence-electron chi connectivity index (χ4n) is 2.62. The van der Waals surface area contributed by atoms with Crippen LogP contribution in [0.1, 0.15) is 11.4 Å². The average Bonchev–Trinajstić information content (AvgIpc) is 2.91. The van der Waals surface area contributed by atoms with Crippen LogP contribution >= 0.6 is 0 Å². The van der Waals surface area contributed by atoms with Crippen molar-refractivity contribution in [3.63, 3.8) is 0 Å². The fourth-order valence-corrected chi connectivity index (χ4v) is 2.62. The first-order valence-electron chi connectivity index (χ1n) is 7.39. The topological polar surface area (TPSA) is 69.4 Å². The normalized spacial score (nSPS) is 10.9. The van der Waals surface area contributed by atoms with Crippen LogP contribution in [-0.4, -0.2) is 40.7 Å². The van der Waals surface area contributed by atoms with Crippen LogP contribution in [0.4, 0.5) is 0 Å². The number of aromatic nitrogens is 3. The largest absolute Gasteiger partial charge is 0.493 e. The molecule has 0 amide bonds. The monoisotopic (exact) mass is 313 g/mol. The molecular formula is C17H19N3O3. The highest BCUT2D eigenvalue weighted by Crippen LogP contribution is 2.34. The highest BCUT2D eigenvalue weighted by Gasteiger charge is 2.15. The summed E-state index contributed by atoms with van der Waals surface area (Å²) in [6.45, 7) is 0.600. The molecule has 0 saturated heterocycles. The molecule has 0 atom stereocenters. The molecule has 1 aromatic carbocycles. The Morgan fingerprint density at radius 3 is 2.57 bits per heavy atom. The molecule has 3 rings (SSSR count). The van der Waals surface area contributed by atoms with E-state index >= 15 is 0 Å². The Labute approximate surface area is 134 Å². The predicted octanol–water partition coefficient (Wildman–Crippen LogP) is 2.03. The van der Waals surface area contributed by atoms with E-state index in [0.717, 1.165) is 22.3 Å². The first kappa shape index (κ1) is 15.3. The molecule has 23 heavy (non-hydrogen) atoms. The number of methoxy groups -OCH3 is 2.